The van der Waals surface area contributed by atoms with Gasteiger partial charge < -0.3 is 25.2 Å². The van der Waals surface area contributed by atoms with Crippen LogP contribution in [0, 0.1) is 0 Å². The minimum absolute atomic E-state index is 0.103. The van der Waals surface area contributed by atoms with Crippen LogP contribution in [0.2, 0.25) is 0 Å². The Kier molecular flexibility index (Phi) is 3.46. The topological polar surface area (TPSA) is 90.2 Å². The number of ether oxygens (including phenoxy) is 1. The molecular weight excluding hydrogens is 344 g/mol. The van der Waals surface area contributed by atoms with E-state index in [1.54, 1.807) is 18.2 Å². The molecule has 4 rings (SSSR count). The number of hydrogen-bond acceptors (Lipinski definition) is 5. The van der Waals surface area contributed by atoms with Crippen LogP contribution in [0.3, 0.4) is 0 Å². The van der Waals surface area contributed by atoms with Crippen molar-refractivity contribution in [3.63, 3.8) is 0 Å². The third-order valence-electron chi connectivity index (χ3n) is 6.10. The zero-order valence-corrected chi connectivity index (χ0v) is 16.1. The first-order valence-corrected chi connectivity index (χ1v) is 9.23. The quantitative estimate of drug-likeness (QED) is 0.521. The van der Waals surface area contributed by atoms with Gasteiger partial charge in [-0.3, -0.25) is 0 Å². The Morgan fingerprint density at radius 2 is 1.19 bits per heavy atom. The van der Waals surface area contributed by atoms with Gasteiger partial charge in [0.15, 0.2) is 23.0 Å². The average molecular weight is 370 g/mol. The van der Waals surface area contributed by atoms with E-state index in [9.17, 15) is 20.4 Å². The molecule has 0 amide bonds. The lowest BCUT2D eigenvalue weighted by Crippen LogP contribution is -2.53. The van der Waals surface area contributed by atoms with Crippen LogP contribution in [0.25, 0.3) is 0 Å². The van der Waals surface area contributed by atoms with Gasteiger partial charge in [-0.15, -0.1) is 0 Å². The van der Waals surface area contributed by atoms with Crippen molar-refractivity contribution in [2.24, 2.45) is 0 Å². The number of rotatable bonds is 0. The fourth-order valence-electron chi connectivity index (χ4n) is 5.24. The van der Waals surface area contributed by atoms with Crippen molar-refractivity contribution < 1.29 is 25.2 Å². The number of hydrogen-bond donors (Lipinski definition) is 4. The highest BCUT2D eigenvalue weighted by atomic mass is 16.5. The second-order valence-corrected chi connectivity index (χ2v) is 9.42. The third kappa shape index (κ3) is 2.68. The van der Waals surface area contributed by atoms with Crippen LogP contribution in [-0.4, -0.2) is 26.0 Å². The molecule has 5 nitrogen and oxygen atoms in total. The monoisotopic (exact) mass is 370 g/mol. The molecule has 2 aromatic rings. The minimum Gasteiger partial charge on any atom is -0.504 e. The Morgan fingerprint density at radius 1 is 0.704 bits per heavy atom. The predicted octanol–water partition coefficient (Wildman–Crippen LogP) is 4.23. The lowest BCUT2D eigenvalue weighted by Gasteiger charge is -2.52. The second kappa shape index (κ2) is 5.24. The molecule has 144 valence electrons. The minimum atomic E-state index is -0.500. The maximum absolute atomic E-state index is 10.0. The lowest BCUT2D eigenvalue weighted by atomic mass is 9.60. The van der Waals surface area contributed by atoms with E-state index >= 15 is 0 Å². The smallest absolute Gasteiger partial charge is 0.161 e. The summed E-state index contributed by atoms with van der Waals surface area (Å²) in [5.74, 6) is 0.0209. The third-order valence-corrected chi connectivity index (χ3v) is 6.10. The lowest BCUT2D eigenvalue weighted by molar-refractivity contribution is -0.0123. The summed E-state index contributed by atoms with van der Waals surface area (Å²) in [5, 5.41) is 39.8. The highest BCUT2D eigenvalue weighted by molar-refractivity contribution is 5.55. The average Bonchev–Trinajstić information content (AvgIpc) is 2.50. The van der Waals surface area contributed by atoms with Gasteiger partial charge in [0, 0.05) is 18.1 Å². The van der Waals surface area contributed by atoms with E-state index in [0.29, 0.717) is 12.2 Å². The van der Waals surface area contributed by atoms with Crippen LogP contribution < -0.4 is 4.74 Å². The van der Waals surface area contributed by atoms with Gasteiger partial charge in [-0.2, -0.15) is 0 Å². The second-order valence-electron chi connectivity index (χ2n) is 9.42. The standard InChI is InChI=1S/C22H26O5/c1-20(2)10-22(9-12-5-15(23)16(24)6-13(12)20)11-21(3,4)14-7-17(25)18(26)8-19(14)27-22/h5-8,23-26H,9-11H2,1-4H3. The summed E-state index contributed by atoms with van der Waals surface area (Å²) in [6.07, 6.45) is 2.08. The first-order chi connectivity index (χ1) is 12.4. The maximum atomic E-state index is 10.0. The van der Waals surface area contributed by atoms with Gasteiger partial charge in [-0.05, 0) is 53.0 Å². The predicted molar refractivity (Wildman–Crippen MR) is 102 cm³/mol. The highest BCUT2D eigenvalue weighted by Crippen LogP contribution is 2.55. The summed E-state index contributed by atoms with van der Waals surface area (Å²) in [5.41, 5.74) is 1.84. The van der Waals surface area contributed by atoms with Crippen molar-refractivity contribution in [3.8, 4) is 28.7 Å². The normalized spacial score (nSPS) is 24.7. The van der Waals surface area contributed by atoms with Crippen molar-refractivity contribution in [1.82, 2.24) is 0 Å². The van der Waals surface area contributed by atoms with E-state index in [0.717, 1.165) is 29.5 Å². The Labute approximate surface area is 158 Å². The zero-order valence-electron chi connectivity index (χ0n) is 16.1. The fraction of sp³-hybridized carbons (Fsp3) is 0.455. The highest BCUT2D eigenvalue weighted by Gasteiger charge is 2.51. The fourth-order valence-corrected chi connectivity index (χ4v) is 5.24. The van der Waals surface area contributed by atoms with Gasteiger partial charge in [0.2, 0.25) is 0 Å². The van der Waals surface area contributed by atoms with Crippen LogP contribution >= 0.6 is 0 Å². The molecule has 0 fully saturated rings. The summed E-state index contributed by atoms with van der Waals surface area (Å²) in [6.45, 7) is 8.46. The van der Waals surface area contributed by atoms with Crippen molar-refractivity contribution in [2.75, 3.05) is 0 Å². The van der Waals surface area contributed by atoms with E-state index in [1.165, 1.54) is 6.07 Å². The summed E-state index contributed by atoms with van der Waals surface area (Å²) in [7, 11) is 0. The number of phenolic OH excluding ortho intramolecular Hbond substituents is 4. The first-order valence-electron chi connectivity index (χ1n) is 9.23. The van der Waals surface area contributed by atoms with Gasteiger partial charge in [0.25, 0.3) is 0 Å². The Balaban J connectivity index is 1.85. The van der Waals surface area contributed by atoms with Gasteiger partial charge in [-0.1, -0.05) is 27.7 Å². The Morgan fingerprint density at radius 3 is 1.81 bits per heavy atom. The van der Waals surface area contributed by atoms with Crippen molar-refractivity contribution in [3.05, 3.63) is 41.0 Å². The Bertz CT molecular complexity index is 865. The van der Waals surface area contributed by atoms with E-state index in [1.807, 2.05) is 0 Å². The first kappa shape index (κ1) is 17.8. The SMILES string of the molecule is CC1(C)CC2(Cc3cc(O)c(O)cc31)CC(C)(C)c1cc(O)c(O)cc1O2. The van der Waals surface area contributed by atoms with Crippen molar-refractivity contribution in [2.45, 2.75) is 63.4 Å². The van der Waals surface area contributed by atoms with Crippen LogP contribution in [-0.2, 0) is 17.3 Å². The van der Waals surface area contributed by atoms with E-state index in [-0.39, 0.29) is 33.8 Å². The van der Waals surface area contributed by atoms with Gasteiger partial charge >= 0.3 is 0 Å². The summed E-state index contributed by atoms with van der Waals surface area (Å²) < 4.78 is 6.48. The number of aromatic hydroxyl groups is 4. The van der Waals surface area contributed by atoms with E-state index in [4.69, 9.17) is 4.74 Å². The molecule has 0 radical (unpaired) electrons. The maximum Gasteiger partial charge on any atom is 0.161 e. The molecule has 0 bridgehead atoms. The summed E-state index contributed by atoms with van der Waals surface area (Å²) in [4.78, 5) is 0. The summed E-state index contributed by atoms with van der Waals surface area (Å²) in [6, 6.07) is 6.37. The Hall–Kier alpha value is -2.56. The van der Waals surface area contributed by atoms with Crippen molar-refractivity contribution in [1.29, 1.82) is 0 Å². The van der Waals surface area contributed by atoms with Crippen LogP contribution in [0.15, 0.2) is 24.3 Å². The van der Waals surface area contributed by atoms with Crippen LogP contribution in [0.5, 0.6) is 28.7 Å². The molecule has 1 aliphatic heterocycles. The molecule has 0 aromatic heterocycles. The zero-order chi connectivity index (χ0) is 19.8. The molecule has 1 heterocycles. The molecule has 27 heavy (non-hydrogen) atoms. The number of benzene rings is 2. The number of phenols is 4. The van der Waals surface area contributed by atoms with Crippen LogP contribution in [0.4, 0.5) is 0 Å². The molecule has 1 atom stereocenters. The molecule has 0 saturated carbocycles. The van der Waals surface area contributed by atoms with Gasteiger partial charge in [-0.25, -0.2) is 0 Å². The van der Waals surface area contributed by atoms with Gasteiger partial charge in [0.1, 0.15) is 11.4 Å². The molecule has 4 N–H and O–H groups in total. The molecule has 1 spiro atoms. The molecule has 1 aliphatic carbocycles. The molecule has 1 unspecified atom stereocenters. The molecule has 5 heteroatoms. The van der Waals surface area contributed by atoms with Crippen molar-refractivity contribution >= 4 is 0 Å². The van der Waals surface area contributed by atoms with Gasteiger partial charge in [0.05, 0.1) is 0 Å². The number of fused-ring (bicyclic) bond motifs is 2. The molecule has 2 aromatic carbocycles. The van der Waals surface area contributed by atoms with E-state index < -0.39 is 5.60 Å². The molecule has 0 saturated heterocycles. The molecular formula is C22H26O5. The largest absolute Gasteiger partial charge is 0.504 e. The van der Waals surface area contributed by atoms with Crippen LogP contribution in [0.1, 0.15) is 57.2 Å². The summed E-state index contributed by atoms with van der Waals surface area (Å²) >= 11 is 0. The molecule has 2 aliphatic rings. The van der Waals surface area contributed by atoms with E-state index in [2.05, 4.69) is 27.7 Å².